The van der Waals surface area contributed by atoms with E-state index in [1.807, 2.05) is 55.5 Å². The lowest BCUT2D eigenvalue weighted by molar-refractivity contribution is 0.101. The molecule has 1 aliphatic carbocycles. The van der Waals surface area contributed by atoms with Crippen LogP contribution in [0, 0.1) is 0 Å². The molecule has 0 aliphatic heterocycles. The number of ether oxygens (including phenoxy) is 1. The highest BCUT2D eigenvalue weighted by Gasteiger charge is 2.35. The first-order chi connectivity index (χ1) is 11.6. The summed E-state index contributed by atoms with van der Waals surface area (Å²) < 4.78 is 5.32. The molecule has 0 fully saturated rings. The van der Waals surface area contributed by atoms with Crippen molar-refractivity contribution < 1.29 is 14.6 Å². The summed E-state index contributed by atoms with van der Waals surface area (Å²) in [5.74, 6) is -0.139. The first kappa shape index (κ1) is 16.4. The molecule has 122 valence electrons. The van der Waals surface area contributed by atoms with Crippen molar-refractivity contribution in [2.24, 2.45) is 0 Å². The molecule has 0 spiro atoms. The lowest BCUT2D eigenvalue weighted by Gasteiger charge is -2.14. The van der Waals surface area contributed by atoms with Crippen LogP contribution < -0.4 is 0 Å². The second-order valence-electron chi connectivity index (χ2n) is 5.83. The van der Waals surface area contributed by atoms with Crippen molar-refractivity contribution in [3.05, 3.63) is 88.5 Å². The number of carbonyl (C=O) groups excluding carboxylic acids is 1. The zero-order chi connectivity index (χ0) is 17.1. The minimum atomic E-state index is -0.940. The van der Waals surface area contributed by atoms with Crippen LogP contribution in [-0.2, 0) is 4.74 Å². The number of hydrogen-bond donors (Lipinski definition) is 1. The number of benzene rings is 2. The van der Waals surface area contributed by atoms with E-state index >= 15 is 0 Å². The van der Waals surface area contributed by atoms with Crippen LogP contribution in [-0.4, -0.2) is 30.7 Å². The van der Waals surface area contributed by atoms with Gasteiger partial charge in [0.25, 0.3) is 0 Å². The topological polar surface area (TPSA) is 46.5 Å². The molecule has 2 aromatic rings. The number of Topliss-reactive ketones (excluding diaryl/α,β-unsaturated/α-hetero) is 1. The first-order valence-corrected chi connectivity index (χ1v) is 7.91. The third-order valence-electron chi connectivity index (χ3n) is 4.38. The molecule has 2 aromatic carbocycles. The molecule has 0 bridgehead atoms. The Morgan fingerprint density at radius 1 is 1.04 bits per heavy atom. The minimum Gasteiger partial charge on any atom is -0.383 e. The summed E-state index contributed by atoms with van der Waals surface area (Å²) in [7, 11) is 1.62. The van der Waals surface area contributed by atoms with Gasteiger partial charge in [-0.25, -0.2) is 0 Å². The van der Waals surface area contributed by atoms with E-state index in [2.05, 4.69) is 0 Å². The largest absolute Gasteiger partial charge is 0.383 e. The maximum atomic E-state index is 12.9. The van der Waals surface area contributed by atoms with Crippen molar-refractivity contribution in [1.82, 2.24) is 0 Å². The van der Waals surface area contributed by atoms with Gasteiger partial charge in [-0.2, -0.15) is 0 Å². The van der Waals surface area contributed by atoms with Gasteiger partial charge in [-0.15, -0.1) is 0 Å². The Kier molecular flexibility index (Phi) is 4.74. The molecule has 3 rings (SSSR count). The Hall–Kier alpha value is -2.49. The highest BCUT2D eigenvalue weighted by molar-refractivity contribution is 6.13. The van der Waals surface area contributed by atoms with Crippen LogP contribution in [0.2, 0.25) is 0 Å². The van der Waals surface area contributed by atoms with Crippen molar-refractivity contribution >= 4 is 11.4 Å². The van der Waals surface area contributed by atoms with Crippen molar-refractivity contribution in [1.29, 1.82) is 0 Å². The molecule has 3 heteroatoms. The van der Waals surface area contributed by atoms with Gasteiger partial charge in [0.05, 0.1) is 6.61 Å². The minimum absolute atomic E-state index is 0.139. The second kappa shape index (κ2) is 6.95. The molecule has 1 atom stereocenters. The van der Waals surface area contributed by atoms with Crippen LogP contribution in [0.3, 0.4) is 0 Å². The summed E-state index contributed by atoms with van der Waals surface area (Å²) in [6.07, 6.45) is -0.940. The van der Waals surface area contributed by atoms with Gasteiger partial charge in [0.1, 0.15) is 6.10 Å². The predicted molar refractivity (Wildman–Crippen MR) is 94.7 cm³/mol. The highest BCUT2D eigenvalue weighted by atomic mass is 16.5. The third-order valence-corrected chi connectivity index (χ3v) is 4.38. The molecule has 24 heavy (non-hydrogen) atoms. The normalized spacial score (nSPS) is 17.5. The lowest BCUT2D eigenvalue weighted by Crippen LogP contribution is -2.17. The number of aliphatic hydroxyl groups excluding tert-OH is 1. The molecule has 0 saturated heterocycles. The zero-order valence-electron chi connectivity index (χ0n) is 13.8. The van der Waals surface area contributed by atoms with Crippen LogP contribution in [0.4, 0.5) is 0 Å². The molecule has 0 heterocycles. The number of carbonyl (C=O) groups is 1. The summed E-state index contributed by atoms with van der Waals surface area (Å²) in [5.41, 5.74) is 4.37. The number of ketones is 1. The average molecular weight is 320 g/mol. The van der Waals surface area contributed by atoms with E-state index in [4.69, 9.17) is 4.74 Å². The first-order valence-electron chi connectivity index (χ1n) is 7.91. The fourth-order valence-electron chi connectivity index (χ4n) is 3.20. The van der Waals surface area contributed by atoms with Crippen molar-refractivity contribution in [2.75, 3.05) is 13.7 Å². The van der Waals surface area contributed by atoms with Crippen molar-refractivity contribution in [3.8, 4) is 0 Å². The molecule has 0 amide bonds. The van der Waals surface area contributed by atoms with Crippen molar-refractivity contribution in [3.63, 3.8) is 0 Å². The quantitative estimate of drug-likeness (QED) is 0.855. The molecule has 1 unspecified atom stereocenters. The summed E-state index contributed by atoms with van der Waals surface area (Å²) in [6.45, 7) is 2.24. The van der Waals surface area contributed by atoms with Gasteiger partial charge in [0, 0.05) is 18.2 Å². The molecule has 0 aromatic heterocycles. The molecular weight excluding hydrogens is 300 g/mol. The third kappa shape index (κ3) is 2.84. The van der Waals surface area contributed by atoms with E-state index < -0.39 is 6.10 Å². The summed E-state index contributed by atoms with van der Waals surface area (Å²) in [5, 5.41) is 10.9. The molecule has 1 aliphatic rings. The van der Waals surface area contributed by atoms with Gasteiger partial charge in [-0.3, -0.25) is 4.79 Å². The Balaban J connectivity index is 2.07. The van der Waals surface area contributed by atoms with E-state index in [-0.39, 0.29) is 5.78 Å². The van der Waals surface area contributed by atoms with Crippen LogP contribution in [0.25, 0.3) is 5.57 Å². The highest BCUT2D eigenvalue weighted by Crippen LogP contribution is 2.39. The summed E-state index contributed by atoms with van der Waals surface area (Å²) in [4.78, 5) is 12.9. The van der Waals surface area contributed by atoms with E-state index in [0.29, 0.717) is 17.7 Å². The Labute approximate surface area is 141 Å². The SMILES string of the molecule is COCC1=C(c2ccccc2)C(O)C(C(=O)c2ccccc2)=C1C. The molecule has 1 N–H and O–H groups in total. The van der Waals surface area contributed by atoms with Crippen LogP contribution in [0.5, 0.6) is 0 Å². The van der Waals surface area contributed by atoms with Crippen LogP contribution >= 0.6 is 0 Å². The second-order valence-corrected chi connectivity index (χ2v) is 5.83. The van der Waals surface area contributed by atoms with E-state index in [0.717, 1.165) is 22.3 Å². The zero-order valence-corrected chi connectivity index (χ0v) is 13.8. The van der Waals surface area contributed by atoms with Gasteiger partial charge < -0.3 is 9.84 Å². The number of rotatable bonds is 5. The standard InChI is InChI=1S/C21H20O3/c1-14-17(13-24-2)19(15-9-5-3-6-10-15)21(23)18(14)20(22)16-11-7-4-8-12-16/h3-12,21,23H,13H2,1-2H3. The lowest BCUT2D eigenvalue weighted by atomic mass is 9.94. The van der Waals surface area contributed by atoms with Gasteiger partial charge in [0.2, 0.25) is 0 Å². The van der Waals surface area contributed by atoms with E-state index in [1.54, 1.807) is 19.2 Å². The van der Waals surface area contributed by atoms with Crippen LogP contribution in [0.1, 0.15) is 22.8 Å². The van der Waals surface area contributed by atoms with Crippen LogP contribution in [0.15, 0.2) is 77.4 Å². The monoisotopic (exact) mass is 320 g/mol. The maximum absolute atomic E-state index is 12.9. The molecular formula is C21H20O3. The predicted octanol–water partition coefficient (Wildman–Crippen LogP) is 3.66. The number of hydrogen-bond acceptors (Lipinski definition) is 3. The summed E-state index contributed by atoms with van der Waals surface area (Å²) >= 11 is 0. The van der Waals surface area contributed by atoms with E-state index in [9.17, 15) is 9.90 Å². The fourth-order valence-corrected chi connectivity index (χ4v) is 3.20. The van der Waals surface area contributed by atoms with E-state index in [1.165, 1.54) is 0 Å². The molecule has 0 radical (unpaired) electrons. The smallest absolute Gasteiger partial charge is 0.192 e. The summed E-state index contributed by atoms with van der Waals surface area (Å²) in [6, 6.07) is 18.7. The number of aliphatic hydroxyl groups is 1. The maximum Gasteiger partial charge on any atom is 0.192 e. The molecule has 0 saturated carbocycles. The Bertz CT molecular complexity index is 801. The van der Waals surface area contributed by atoms with Gasteiger partial charge >= 0.3 is 0 Å². The average Bonchev–Trinajstić information content (AvgIpc) is 2.86. The van der Waals surface area contributed by atoms with Crippen molar-refractivity contribution in [2.45, 2.75) is 13.0 Å². The number of methoxy groups -OCH3 is 1. The fraction of sp³-hybridized carbons (Fsp3) is 0.190. The Morgan fingerprint density at radius 3 is 2.21 bits per heavy atom. The van der Waals surface area contributed by atoms with Gasteiger partial charge in [-0.1, -0.05) is 60.7 Å². The van der Waals surface area contributed by atoms with Gasteiger partial charge in [-0.05, 0) is 29.2 Å². The Morgan fingerprint density at radius 2 is 1.62 bits per heavy atom. The molecule has 3 nitrogen and oxygen atoms in total. The van der Waals surface area contributed by atoms with Gasteiger partial charge in [0.15, 0.2) is 5.78 Å².